The van der Waals surface area contributed by atoms with Gasteiger partial charge in [0, 0.05) is 5.38 Å². The first-order valence-electron chi connectivity index (χ1n) is 5.46. The number of halogens is 1. The fourth-order valence-electron chi connectivity index (χ4n) is 1.88. The number of rotatable bonds is 4. The minimum atomic E-state index is 0.412. The third-order valence-corrected chi connectivity index (χ3v) is 3.66. The van der Waals surface area contributed by atoms with Crippen LogP contribution in [0.15, 0.2) is 24.3 Å². The van der Waals surface area contributed by atoms with Gasteiger partial charge in [-0.15, -0.1) is 11.6 Å². The van der Waals surface area contributed by atoms with Gasteiger partial charge in [-0.1, -0.05) is 24.3 Å². The molecule has 1 aliphatic rings. The highest BCUT2D eigenvalue weighted by Crippen LogP contribution is 2.37. The monoisotopic (exact) mass is 208 g/mol. The average molecular weight is 209 g/mol. The Labute approximate surface area is 91.3 Å². The van der Waals surface area contributed by atoms with Gasteiger partial charge < -0.3 is 0 Å². The van der Waals surface area contributed by atoms with Crippen molar-refractivity contribution in [1.82, 2.24) is 0 Å². The molecule has 76 valence electrons. The molecule has 0 N–H and O–H groups in total. The Morgan fingerprint density at radius 1 is 1.36 bits per heavy atom. The first-order chi connectivity index (χ1) is 6.77. The van der Waals surface area contributed by atoms with Crippen LogP contribution in [0, 0.1) is 12.8 Å². The van der Waals surface area contributed by atoms with E-state index >= 15 is 0 Å². The summed E-state index contributed by atoms with van der Waals surface area (Å²) in [6.07, 6.45) is 4.97. The van der Waals surface area contributed by atoms with Gasteiger partial charge in [-0.2, -0.15) is 0 Å². The molecule has 0 heterocycles. The fourth-order valence-corrected chi connectivity index (χ4v) is 2.24. The van der Waals surface area contributed by atoms with E-state index in [1.54, 1.807) is 0 Å². The summed E-state index contributed by atoms with van der Waals surface area (Å²) in [6, 6.07) is 8.60. The standard InChI is InChI=1S/C13H17Cl/c1-10-4-2-3-5-11(10)8-9-13(14)12-6-7-12/h2-5,12-13H,6-9H2,1H3. The maximum Gasteiger partial charge on any atom is 0.0367 e. The molecule has 1 aromatic carbocycles. The summed E-state index contributed by atoms with van der Waals surface area (Å²) in [5, 5.41) is 0.412. The van der Waals surface area contributed by atoms with Crippen LogP contribution in [0.5, 0.6) is 0 Å². The molecule has 1 aromatic rings. The van der Waals surface area contributed by atoms with Crippen LogP contribution in [0.3, 0.4) is 0 Å². The van der Waals surface area contributed by atoms with Gasteiger partial charge in [0.25, 0.3) is 0 Å². The Hall–Kier alpha value is -0.490. The highest BCUT2D eigenvalue weighted by atomic mass is 35.5. The summed E-state index contributed by atoms with van der Waals surface area (Å²) in [4.78, 5) is 0. The van der Waals surface area contributed by atoms with Crippen molar-refractivity contribution < 1.29 is 0 Å². The van der Waals surface area contributed by atoms with E-state index in [4.69, 9.17) is 11.6 Å². The van der Waals surface area contributed by atoms with Gasteiger partial charge in [-0.3, -0.25) is 0 Å². The van der Waals surface area contributed by atoms with Crippen molar-refractivity contribution in [2.75, 3.05) is 0 Å². The number of aryl methyl sites for hydroxylation is 2. The Kier molecular flexibility index (Phi) is 3.12. The van der Waals surface area contributed by atoms with Crippen LogP contribution in [0.25, 0.3) is 0 Å². The maximum absolute atomic E-state index is 6.28. The fraction of sp³-hybridized carbons (Fsp3) is 0.538. The van der Waals surface area contributed by atoms with Crippen molar-refractivity contribution >= 4 is 11.6 Å². The predicted octanol–water partition coefficient (Wildman–Crippen LogP) is 3.95. The van der Waals surface area contributed by atoms with Gasteiger partial charge in [-0.05, 0) is 49.7 Å². The number of hydrogen-bond donors (Lipinski definition) is 0. The van der Waals surface area contributed by atoms with Crippen LogP contribution >= 0.6 is 11.6 Å². The molecule has 0 aromatic heterocycles. The lowest BCUT2D eigenvalue weighted by Gasteiger charge is -2.09. The van der Waals surface area contributed by atoms with Crippen molar-refractivity contribution in [3.63, 3.8) is 0 Å². The molecular formula is C13H17Cl. The smallest absolute Gasteiger partial charge is 0.0367 e. The van der Waals surface area contributed by atoms with E-state index in [2.05, 4.69) is 31.2 Å². The van der Waals surface area contributed by atoms with E-state index in [-0.39, 0.29) is 0 Å². The van der Waals surface area contributed by atoms with Crippen LogP contribution in [0.1, 0.15) is 30.4 Å². The summed E-state index contributed by atoms with van der Waals surface area (Å²) < 4.78 is 0. The predicted molar refractivity (Wildman–Crippen MR) is 61.9 cm³/mol. The Morgan fingerprint density at radius 3 is 2.71 bits per heavy atom. The zero-order valence-corrected chi connectivity index (χ0v) is 9.43. The van der Waals surface area contributed by atoms with Gasteiger partial charge in [0.15, 0.2) is 0 Å². The van der Waals surface area contributed by atoms with E-state index in [1.165, 1.54) is 24.0 Å². The number of alkyl halides is 1. The van der Waals surface area contributed by atoms with Crippen LogP contribution in [0.2, 0.25) is 0 Å². The highest BCUT2D eigenvalue weighted by molar-refractivity contribution is 6.20. The molecule has 0 spiro atoms. The third kappa shape index (κ3) is 2.51. The molecule has 1 heteroatoms. The summed E-state index contributed by atoms with van der Waals surface area (Å²) in [6.45, 7) is 2.18. The first kappa shape index (κ1) is 10.0. The third-order valence-electron chi connectivity index (χ3n) is 3.08. The van der Waals surface area contributed by atoms with Crippen molar-refractivity contribution in [3.8, 4) is 0 Å². The molecule has 1 fully saturated rings. The number of hydrogen-bond acceptors (Lipinski definition) is 0. The molecule has 0 aliphatic heterocycles. The SMILES string of the molecule is Cc1ccccc1CCC(Cl)C1CC1. The second-order valence-corrected chi connectivity index (χ2v) is 4.88. The largest absolute Gasteiger partial charge is 0.123 e. The van der Waals surface area contributed by atoms with Crippen LogP contribution in [-0.4, -0.2) is 5.38 Å². The molecule has 0 amide bonds. The van der Waals surface area contributed by atoms with E-state index in [0.717, 1.165) is 18.8 Å². The van der Waals surface area contributed by atoms with Gasteiger partial charge in [0.05, 0.1) is 0 Å². The molecule has 2 rings (SSSR count). The Morgan fingerprint density at radius 2 is 2.07 bits per heavy atom. The van der Waals surface area contributed by atoms with E-state index in [0.29, 0.717) is 5.38 Å². The molecule has 0 radical (unpaired) electrons. The van der Waals surface area contributed by atoms with Crippen molar-refractivity contribution in [1.29, 1.82) is 0 Å². The molecule has 0 saturated heterocycles. The molecule has 1 atom stereocenters. The second kappa shape index (κ2) is 4.35. The lowest BCUT2D eigenvalue weighted by Crippen LogP contribution is -2.03. The summed E-state index contributed by atoms with van der Waals surface area (Å²) >= 11 is 6.28. The molecular weight excluding hydrogens is 192 g/mol. The van der Waals surface area contributed by atoms with Crippen molar-refractivity contribution in [3.05, 3.63) is 35.4 Å². The molecule has 0 nitrogen and oxygen atoms in total. The molecule has 1 unspecified atom stereocenters. The minimum absolute atomic E-state index is 0.412. The minimum Gasteiger partial charge on any atom is -0.123 e. The van der Waals surface area contributed by atoms with Gasteiger partial charge >= 0.3 is 0 Å². The zero-order chi connectivity index (χ0) is 9.97. The van der Waals surface area contributed by atoms with E-state index < -0.39 is 0 Å². The maximum atomic E-state index is 6.28. The quantitative estimate of drug-likeness (QED) is 0.658. The van der Waals surface area contributed by atoms with E-state index in [9.17, 15) is 0 Å². The normalized spacial score (nSPS) is 18.1. The van der Waals surface area contributed by atoms with Gasteiger partial charge in [0.2, 0.25) is 0 Å². The topological polar surface area (TPSA) is 0 Å². The van der Waals surface area contributed by atoms with Crippen LogP contribution in [-0.2, 0) is 6.42 Å². The lowest BCUT2D eigenvalue weighted by atomic mass is 10.0. The first-order valence-corrected chi connectivity index (χ1v) is 5.89. The van der Waals surface area contributed by atoms with Crippen LogP contribution in [0.4, 0.5) is 0 Å². The molecule has 1 saturated carbocycles. The van der Waals surface area contributed by atoms with Crippen LogP contribution < -0.4 is 0 Å². The lowest BCUT2D eigenvalue weighted by molar-refractivity contribution is 0.675. The summed E-state index contributed by atoms with van der Waals surface area (Å²) in [7, 11) is 0. The van der Waals surface area contributed by atoms with Crippen molar-refractivity contribution in [2.45, 2.75) is 38.0 Å². The summed E-state index contributed by atoms with van der Waals surface area (Å²) in [5.41, 5.74) is 2.85. The van der Waals surface area contributed by atoms with Gasteiger partial charge in [0.1, 0.15) is 0 Å². The average Bonchev–Trinajstić information content (AvgIpc) is 2.99. The number of benzene rings is 1. The van der Waals surface area contributed by atoms with Gasteiger partial charge in [-0.25, -0.2) is 0 Å². The second-order valence-electron chi connectivity index (χ2n) is 4.32. The Bertz CT molecular complexity index is 302. The van der Waals surface area contributed by atoms with Crippen molar-refractivity contribution in [2.24, 2.45) is 5.92 Å². The zero-order valence-electron chi connectivity index (χ0n) is 8.67. The molecule has 0 bridgehead atoms. The molecule has 1 aliphatic carbocycles. The summed E-state index contributed by atoms with van der Waals surface area (Å²) in [5.74, 6) is 0.820. The highest BCUT2D eigenvalue weighted by Gasteiger charge is 2.29. The molecule has 14 heavy (non-hydrogen) atoms. The Balaban J connectivity index is 1.87. The van der Waals surface area contributed by atoms with E-state index in [1.807, 2.05) is 0 Å².